The number of rotatable bonds is 4. The smallest absolute Gasteiger partial charge is 0.0655 e. The van der Waals surface area contributed by atoms with E-state index in [4.69, 9.17) is 0 Å². The lowest BCUT2D eigenvalue weighted by molar-refractivity contribution is -0.0848. The van der Waals surface area contributed by atoms with Crippen molar-refractivity contribution in [1.29, 1.82) is 0 Å². The minimum atomic E-state index is -0.282. The van der Waals surface area contributed by atoms with E-state index in [2.05, 4.69) is 20.8 Å². The van der Waals surface area contributed by atoms with E-state index >= 15 is 0 Å². The number of hydrogen-bond acceptors (Lipinski definition) is 1. The van der Waals surface area contributed by atoms with Crippen LogP contribution < -0.4 is 0 Å². The van der Waals surface area contributed by atoms with Gasteiger partial charge in [-0.15, -0.1) is 0 Å². The molecule has 0 aromatic carbocycles. The predicted molar refractivity (Wildman–Crippen MR) is 52.0 cm³/mol. The average molecular weight is 170 g/mol. The minimum absolute atomic E-state index is 0.282. The molecule has 0 aromatic rings. The molecule has 1 nitrogen and oxygen atoms in total. The highest BCUT2D eigenvalue weighted by atomic mass is 16.3. The van der Waals surface area contributed by atoms with E-state index in [9.17, 15) is 5.11 Å². The quantitative estimate of drug-likeness (QED) is 0.687. The molecule has 1 rings (SSSR count). The van der Waals surface area contributed by atoms with Crippen LogP contribution in [-0.2, 0) is 0 Å². The Morgan fingerprint density at radius 2 is 1.83 bits per heavy atom. The van der Waals surface area contributed by atoms with E-state index in [1.54, 1.807) is 0 Å². The summed E-state index contributed by atoms with van der Waals surface area (Å²) in [7, 11) is 0. The lowest BCUT2D eigenvalue weighted by atomic mass is 9.67. The third-order valence-corrected chi connectivity index (χ3v) is 3.28. The van der Waals surface area contributed by atoms with Crippen molar-refractivity contribution in [3.8, 4) is 0 Å². The maximum atomic E-state index is 10.0. The molecule has 0 bridgehead atoms. The van der Waals surface area contributed by atoms with Crippen molar-refractivity contribution in [1.82, 2.24) is 0 Å². The molecule has 0 saturated heterocycles. The van der Waals surface area contributed by atoms with Crippen LogP contribution in [0.4, 0.5) is 0 Å². The van der Waals surface area contributed by atoms with E-state index in [1.807, 2.05) is 0 Å². The first-order valence-electron chi connectivity index (χ1n) is 5.32. The summed E-state index contributed by atoms with van der Waals surface area (Å²) in [5.41, 5.74) is -0.282. The molecular weight excluding hydrogens is 148 g/mol. The molecule has 72 valence electrons. The molecule has 1 heteroatoms. The lowest BCUT2D eigenvalue weighted by Gasteiger charge is -2.44. The summed E-state index contributed by atoms with van der Waals surface area (Å²) in [4.78, 5) is 0. The number of hydrogen-bond donors (Lipinski definition) is 1. The second kappa shape index (κ2) is 3.78. The summed E-state index contributed by atoms with van der Waals surface area (Å²) in [6, 6.07) is 0. The first-order chi connectivity index (χ1) is 5.59. The van der Waals surface area contributed by atoms with Crippen LogP contribution in [0.5, 0.6) is 0 Å². The first kappa shape index (κ1) is 10.0. The molecule has 1 aliphatic carbocycles. The highest BCUT2D eigenvalue weighted by Gasteiger charge is 2.40. The molecule has 1 saturated carbocycles. The van der Waals surface area contributed by atoms with E-state index in [0.29, 0.717) is 0 Å². The van der Waals surface area contributed by atoms with Crippen LogP contribution in [-0.4, -0.2) is 10.7 Å². The van der Waals surface area contributed by atoms with Crippen molar-refractivity contribution >= 4 is 0 Å². The Kier molecular flexibility index (Phi) is 3.16. The largest absolute Gasteiger partial charge is 0.390 e. The van der Waals surface area contributed by atoms with Crippen molar-refractivity contribution in [2.45, 2.75) is 58.5 Å². The molecule has 1 aliphatic rings. The van der Waals surface area contributed by atoms with Crippen LogP contribution in [0.25, 0.3) is 0 Å². The summed E-state index contributed by atoms with van der Waals surface area (Å²) in [5, 5.41) is 10.0. The molecule has 1 fully saturated rings. The summed E-state index contributed by atoms with van der Waals surface area (Å²) in [6.45, 7) is 6.67. The maximum absolute atomic E-state index is 10.0. The van der Waals surface area contributed by atoms with Crippen molar-refractivity contribution in [3.63, 3.8) is 0 Å². The molecule has 0 unspecified atom stereocenters. The zero-order valence-electron chi connectivity index (χ0n) is 8.64. The molecule has 0 aromatic heterocycles. The Morgan fingerprint density at radius 3 is 2.17 bits per heavy atom. The third-order valence-electron chi connectivity index (χ3n) is 3.28. The second-order valence-electron chi connectivity index (χ2n) is 4.62. The Hall–Kier alpha value is -0.0400. The highest BCUT2D eigenvalue weighted by molar-refractivity contribution is 4.93. The molecule has 1 N–H and O–H groups in total. The van der Waals surface area contributed by atoms with E-state index in [1.165, 1.54) is 12.8 Å². The van der Waals surface area contributed by atoms with Gasteiger partial charge in [-0.2, -0.15) is 0 Å². The van der Waals surface area contributed by atoms with Crippen LogP contribution >= 0.6 is 0 Å². The lowest BCUT2D eigenvalue weighted by Crippen LogP contribution is -2.44. The van der Waals surface area contributed by atoms with E-state index in [0.717, 1.165) is 31.1 Å². The molecular formula is C11H22O. The standard InChI is InChI=1S/C11H22O/c1-4-10(5-2)8-11(12)6-9(3)7-11/h9-10,12H,4-8H2,1-3H3. The van der Waals surface area contributed by atoms with Gasteiger partial charge in [-0.25, -0.2) is 0 Å². The topological polar surface area (TPSA) is 20.2 Å². The Balaban J connectivity index is 2.30. The highest BCUT2D eigenvalue weighted by Crippen LogP contribution is 2.42. The molecule has 0 heterocycles. The Bertz CT molecular complexity index is 132. The Morgan fingerprint density at radius 1 is 1.33 bits per heavy atom. The predicted octanol–water partition coefficient (Wildman–Crippen LogP) is 2.97. The van der Waals surface area contributed by atoms with Crippen LogP contribution in [0.3, 0.4) is 0 Å². The van der Waals surface area contributed by atoms with Gasteiger partial charge >= 0.3 is 0 Å². The van der Waals surface area contributed by atoms with Gasteiger partial charge in [0.1, 0.15) is 0 Å². The molecule has 0 atom stereocenters. The van der Waals surface area contributed by atoms with Crippen molar-refractivity contribution < 1.29 is 5.11 Å². The zero-order chi connectivity index (χ0) is 9.19. The fraction of sp³-hybridized carbons (Fsp3) is 1.00. The van der Waals surface area contributed by atoms with Gasteiger partial charge in [0.05, 0.1) is 5.60 Å². The molecule has 0 spiro atoms. The SMILES string of the molecule is CCC(CC)CC1(O)CC(C)C1. The second-order valence-corrected chi connectivity index (χ2v) is 4.62. The van der Waals surface area contributed by atoms with Gasteiger partial charge in [0.15, 0.2) is 0 Å². The molecule has 0 amide bonds. The van der Waals surface area contributed by atoms with Gasteiger partial charge in [-0.3, -0.25) is 0 Å². The molecule has 0 aliphatic heterocycles. The van der Waals surface area contributed by atoms with Gasteiger partial charge in [0.25, 0.3) is 0 Å². The van der Waals surface area contributed by atoms with Gasteiger partial charge in [-0.05, 0) is 31.1 Å². The van der Waals surface area contributed by atoms with Crippen LogP contribution in [0.15, 0.2) is 0 Å². The average Bonchev–Trinajstić information content (AvgIpc) is 1.98. The minimum Gasteiger partial charge on any atom is -0.390 e. The summed E-state index contributed by atoms with van der Waals surface area (Å²) < 4.78 is 0. The van der Waals surface area contributed by atoms with Crippen molar-refractivity contribution in [3.05, 3.63) is 0 Å². The fourth-order valence-electron chi connectivity index (χ4n) is 2.52. The summed E-state index contributed by atoms with van der Waals surface area (Å²) >= 11 is 0. The van der Waals surface area contributed by atoms with E-state index in [-0.39, 0.29) is 5.60 Å². The summed E-state index contributed by atoms with van der Waals surface area (Å²) in [6.07, 6.45) is 5.53. The van der Waals surface area contributed by atoms with Gasteiger partial charge in [0, 0.05) is 0 Å². The van der Waals surface area contributed by atoms with Crippen molar-refractivity contribution in [2.24, 2.45) is 11.8 Å². The maximum Gasteiger partial charge on any atom is 0.0655 e. The zero-order valence-corrected chi connectivity index (χ0v) is 8.64. The van der Waals surface area contributed by atoms with Crippen LogP contribution in [0.1, 0.15) is 52.9 Å². The van der Waals surface area contributed by atoms with Gasteiger partial charge in [-0.1, -0.05) is 33.6 Å². The third kappa shape index (κ3) is 2.22. The molecule has 12 heavy (non-hydrogen) atoms. The monoisotopic (exact) mass is 170 g/mol. The first-order valence-corrected chi connectivity index (χ1v) is 5.32. The van der Waals surface area contributed by atoms with Crippen molar-refractivity contribution in [2.75, 3.05) is 0 Å². The Labute approximate surface area is 76.2 Å². The molecule has 0 radical (unpaired) electrons. The van der Waals surface area contributed by atoms with Gasteiger partial charge in [0.2, 0.25) is 0 Å². The normalized spacial score (nSPS) is 35.2. The van der Waals surface area contributed by atoms with Crippen LogP contribution in [0.2, 0.25) is 0 Å². The fourth-order valence-corrected chi connectivity index (χ4v) is 2.52. The van der Waals surface area contributed by atoms with Gasteiger partial charge < -0.3 is 5.11 Å². The summed E-state index contributed by atoms with van der Waals surface area (Å²) in [5.74, 6) is 1.49. The van der Waals surface area contributed by atoms with E-state index < -0.39 is 0 Å². The van der Waals surface area contributed by atoms with Crippen LogP contribution in [0, 0.1) is 11.8 Å². The number of aliphatic hydroxyl groups is 1.